The Hall–Kier alpha value is -1.36. The zero-order chi connectivity index (χ0) is 13.5. The molecule has 0 bridgehead atoms. The van der Waals surface area contributed by atoms with Crippen LogP contribution in [0.3, 0.4) is 0 Å². The summed E-state index contributed by atoms with van der Waals surface area (Å²) in [6.07, 6.45) is 3.30. The Morgan fingerprint density at radius 3 is 3.15 bits per heavy atom. The van der Waals surface area contributed by atoms with Crippen LogP contribution in [0.25, 0.3) is 10.9 Å². The van der Waals surface area contributed by atoms with E-state index in [1.165, 1.54) is 22.2 Å². The van der Waals surface area contributed by atoms with Crippen molar-refractivity contribution in [2.75, 3.05) is 19.7 Å². The van der Waals surface area contributed by atoms with Crippen LogP contribution in [0, 0.1) is 5.92 Å². The van der Waals surface area contributed by atoms with E-state index >= 15 is 0 Å². The number of nitrogens with one attached hydrogen (secondary N) is 1. The van der Waals surface area contributed by atoms with E-state index in [2.05, 4.69) is 34.3 Å². The molecule has 0 radical (unpaired) electrons. The molecule has 4 nitrogen and oxygen atoms in total. The molecule has 0 amide bonds. The highest BCUT2D eigenvalue weighted by Gasteiger charge is 2.37. The molecule has 1 fully saturated rings. The molecule has 2 aliphatic rings. The molecule has 2 atom stereocenters. The topological polar surface area (TPSA) is 54.3 Å². The van der Waals surface area contributed by atoms with Gasteiger partial charge in [-0.15, -0.1) is 0 Å². The van der Waals surface area contributed by atoms with Gasteiger partial charge < -0.3 is 10.7 Å². The number of aromatic nitrogens is 1. The minimum absolute atomic E-state index is 0.290. The van der Waals surface area contributed by atoms with E-state index < -0.39 is 0 Å². The van der Waals surface area contributed by atoms with Crippen LogP contribution in [0.5, 0.6) is 0 Å². The third-order valence-corrected chi connectivity index (χ3v) is 4.76. The van der Waals surface area contributed by atoms with E-state index in [9.17, 15) is 0 Å². The molecular weight excluding hydrogens is 250 g/mol. The second kappa shape index (κ2) is 4.88. The summed E-state index contributed by atoms with van der Waals surface area (Å²) in [4.78, 5) is 9.58. The lowest BCUT2D eigenvalue weighted by molar-refractivity contribution is -0.191. The number of rotatable bonds is 1. The molecule has 0 spiro atoms. The average Bonchev–Trinajstić information content (AvgIpc) is 2.72. The fourth-order valence-electron chi connectivity index (χ4n) is 3.80. The smallest absolute Gasteiger partial charge is 0.0795 e. The SMILES string of the molecule is NC[C@@H]1CCCON2CCc3c([nH]c4ccccc34)[C@H]12. The number of hydrogen-bond donors (Lipinski definition) is 2. The van der Waals surface area contributed by atoms with Crippen molar-refractivity contribution in [1.29, 1.82) is 0 Å². The number of aromatic amines is 1. The summed E-state index contributed by atoms with van der Waals surface area (Å²) in [7, 11) is 0. The molecule has 2 aromatic rings. The van der Waals surface area contributed by atoms with E-state index in [0.29, 0.717) is 12.0 Å². The number of benzene rings is 1. The molecule has 1 aromatic carbocycles. The highest BCUT2D eigenvalue weighted by atomic mass is 16.7. The highest BCUT2D eigenvalue weighted by molar-refractivity contribution is 5.85. The number of nitrogens with zero attached hydrogens (tertiary/aromatic N) is 1. The summed E-state index contributed by atoms with van der Waals surface area (Å²) in [6.45, 7) is 2.51. The third kappa shape index (κ3) is 1.79. The van der Waals surface area contributed by atoms with Crippen molar-refractivity contribution in [2.24, 2.45) is 11.7 Å². The molecule has 3 N–H and O–H groups in total. The van der Waals surface area contributed by atoms with Crippen LogP contribution in [0.4, 0.5) is 0 Å². The normalized spacial score (nSPS) is 27.1. The third-order valence-electron chi connectivity index (χ3n) is 4.76. The predicted molar refractivity (Wildman–Crippen MR) is 79.2 cm³/mol. The number of hydroxylamine groups is 2. The van der Waals surface area contributed by atoms with Gasteiger partial charge in [0, 0.05) is 23.1 Å². The number of fused-ring (bicyclic) bond motifs is 5. The quantitative estimate of drug-likeness (QED) is 0.837. The first-order chi connectivity index (χ1) is 9.88. The molecule has 1 saturated heterocycles. The number of hydrogen-bond acceptors (Lipinski definition) is 3. The first-order valence-electron chi connectivity index (χ1n) is 7.57. The fraction of sp³-hybridized carbons (Fsp3) is 0.500. The van der Waals surface area contributed by atoms with Crippen LogP contribution in [0.2, 0.25) is 0 Å². The fourth-order valence-corrected chi connectivity index (χ4v) is 3.80. The lowest BCUT2D eigenvalue weighted by atomic mass is 9.87. The monoisotopic (exact) mass is 271 g/mol. The Morgan fingerprint density at radius 2 is 2.25 bits per heavy atom. The maximum atomic E-state index is 6.03. The summed E-state index contributed by atoms with van der Waals surface area (Å²) in [5.74, 6) is 0.476. The van der Waals surface area contributed by atoms with Gasteiger partial charge in [-0.2, -0.15) is 5.06 Å². The molecule has 4 rings (SSSR count). The number of H-pyrrole nitrogens is 1. The molecule has 20 heavy (non-hydrogen) atoms. The molecule has 4 heteroatoms. The first kappa shape index (κ1) is 12.4. The maximum Gasteiger partial charge on any atom is 0.0795 e. The predicted octanol–water partition coefficient (Wildman–Crippen LogP) is 2.37. The van der Waals surface area contributed by atoms with Gasteiger partial charge in [-0.25, -0.2) is 0 Å². The van der Waals surface area contributed by atoms with Crippen LogP contribution < -0.4 is 5.73 Å². The van der Waals surface area contributed by atoms with E-state index in [-0.39, 0.29) is 0 Å². The van der Waals surface area contributed by atoms with E-state index in [1.54, 1.807) is 0 Å². The molecule has 1 aromatic heterocycles. The Labute approximate surface area is 118 Å². The second-order valence-electron chi connectivity index (χ2n) is 5.87. The Kier molecular flexibility index (Phi) is 3.02. The van der Waals surface area contributed by atoms with Crippen molar-refractivity contribution in [3.05, 3.63) is 35.5 Å². The summed E-state index contributed by atoms with van der Waals surface area (Å²) in [5.41, 5.74) is 10.1. The van der Waals surface area contributed by atoms with Crippen molar-refractivity contribution in [2.45, 2.75) is 25.3 Å². The molecule has 106 valence electrons. The summed E-state index contributed by atoms with van der Waals surface area (Å²) in [6, 6.07) is 8.87. The van der Waals surface area contributed by atoms with Crippen LogP contribution in [0.1, 0.15) is 30.1 Å². The van der Waals surface area contributed by atoms with E-state index in [0.717, 1.165) is 39.0 Å². The van der Waals surface area contributed by atoms with Crippen molar-refractivity contribution in [3.63, 3.8) is 0 Å². The number of para-hydroxylation sites is 1. The van der Waals surface area contributed by atoms with Crippen molar-refractivity contribution in [3.8, 4) is 0 Å². The van der Waals surface area contributed by atoms with Crippen molar-refractivity contribution < 1.29 is 4.84 Å². The largest absolute Gasteiger partial charge is 0.357 e. The van der Waals surface area contributed by atoms with Gasteiger partial charge in [-0.05, 0) is 43.4 Å². The highest BCUT2D eigenvalue weighted by Crippen LogP contribution is 2.41. The van der Waals surface area contributed by atoms with Gasteiger partial charge in [0.05, 0.1) is 12.6 Å². The summed E-state index contributed by atoms with van der Waals surface area (Å²) in [5, 5.41) is 3.53. The van der Waals surface area contributed by atoms with Gasteiger partial charge in [0.1, 0.15) is 0 Å². The molecule has 3 heterocycles. The van der Waals surface area contributed by atoms with Gasteiger partial charge in [-0.1, -0.05) is 18.2 Å². The summed E-state index contributed by atoms with van der Waals surface area (Å²) >= 11 is 0. The lowest BCUT2D eigenvalue weighted by Gasteiger charge is -2.36. The standard InChI is InChI=1S/C16H21N3O/c17-10-11-4-3-9-20-19-8-7-13-12-5-1-2-6-14(12)18-15(13)16(11)19/h1-2,5-6,11,16,18H,3-4,7-10,17H2/t11-,16-/m0/s1. The molecule has 0 unspecified atom stereocenters. The Balaban J connectivity index is 1.86. The van der Waals surface area contributed by atoms with Crippen LogP contribution in [0.15, 0.2) is 24.3 Å². The maximum absolute atomic E-state index is 6.03. The lowest BCUT2D eigenvalue weighted by Crippen LogP contribution is -2.39. The van der Waals surface area contributed by atoms with Gasteiger partial charge in [0.15, 0.2) is 0 Å². The minimum atomic E-state index is 0.290. The van der Waals surface area contributed by atoms with Crippen molar-refractivity contribution in [1.82, 2.24) is 10.0 Å². The van der Waals surface area contributed by atoms with Gasteiger partial charge in [0.2, 0.25) is 0 Å². The van der Waals surface area contributed by atoms with Gasteiger partial charge >= 0.3 is 0 Å². The van der Waals surface area contributed by atoms with Gasteiger partial charge in [-0.3, -0.25) is 4.84 Å². The number of nitrogens with two attached hydrogens (primary N) is 1. The Bertz CT molecular complexity index is 621. The minimum Gasteiger partial charge on any atom is -0.357 e. The molecular formula is C16H21N3O. The molecule has 0 saturated carbocycles. The van der Waals surface area contributed by atoms with Crippen molar-refractivity contribution >= 4 is 10.9 Å². The second-order valence-corrected chi connectivity index (χ2v) is 5.87. The summed E-state index contributed by atoms with van der Waals surface area (Å²) < 4.78 is 0. The van der Waals surface area contributed by atoms with Crippen LogP contribution >= 0.6 is 0 Å². The van der Waals surface area contributed by atoms with E-state index in [1.807, 2.05) is 0 Å². The Morgan fingerprint density at radius 1 is 1.35 bits per heavy atom. The zero-order valence-corrected chi connectivity index (χ0v) is 11.6. The zero-order valence-electron chi connectivity index (χ0n) is 11.6. The average molecular weight is 271 g/mol. The molecule has 2 aliphatic heterocycles. The molecule has 0 aliphatic carbocycles. The van der Waals surface area contributed by atoms with E-state index in [4.69, 9.17) is 10.6 Å². The van der Waals surface area contributed by atoms with Crippen LogP contribution in [-0.4, -0.2) is 29.7 Å². The van der Waals surface area contributed by atoms with Crippen LogP contribution in [-0.2, 0) is 11.3 Å². The first-order valence-corrected chi connectivity index (χ1v) is 7.57. The van der Waals surface area contributed by atoms with Gasteiger partial charge in [0.25, 0.3) is 0 Å².